The molecule has 2 aliphatic rings. The molecule has 0 N–H and O–H groups in total. The molecule has 0 radical (unpaired) electrons. The molecule has 8 nitrogen and oxygen atoms in total. The van der Waals surface area contributed by atoms with Crippen LogP contribution in [0.25, 0.3) is 0 Å². The maximum Gasteiger partial charge on any atom is 0.290 e. The van der Waals surface area contributed by atoms with E-state index >= 15 is 0 Å². The quantitative estimate of drug-likeness (QED) is 0.765. The van der Waals surface area contributed by atoms with Crippen LogP contribution in [-0.2, 0) is 9.47 Å². The molecule has 0 unspecified atom stereocenters. The number of morpholine rings is 2. The van der Waals surface area contributed by atoms with E-state index in [-0.39, 0.29) is 29.2 Å². The molecule has 2 aromatic rings. The summed E-state index contributed by atoms with van der Waals surface area (Å²) in [5, 5.41) is 0. The van der Waals surface area contributed by atoms with Gasteiger partial charge in [-0.05, 0) is 18.6 Å². The van der Waals surface area contributed by atoms with Crippen LogP contribution in [0.5, 0.6) is 0 Å². The molecule has 0 aliphatic carbocycles. The number of aromatic nitrogens is 1. The normalized spacial score (nSPS) is 23.1. The van der Waals surface area contributed by atoms with Gasteiger partial charge in [-0.1, -0.05) is 6.07 Å². The van der Waals surface area contributed by atoms with Crippen molar-refractivity contribution >= 4 is 5.91 Å². The molecule has 2 fully saturated rings. The Morgan fingerprint density at radius 2 is 2.03 bits per heavy atom. The lowest BCUT2D eigenvalue weighted by Gasteiger charge is -2.43. The summed E-state index contributed by atoms with van der Waals surface area (Å²) >= 11 is 0. The number of amides is 1. The number of pyridine rings is 1. The van der Waals surface area contributed by atoms with Crippen LogP contribution >= 0.6 is 0 Å². The van der Waals surface area contributed by atoms with Gasteiger partial charge in [0, 0.05) is 50.7 Å². The first-order valence-corrected chi connectivity index (χ1v) is 9.86. The predicted octanol–water partition coefficient (Wildman–Crippen LogP) is 1.26. The van der Waals surface area contributed by atoms with Gasteiger partial charge >= 0.3 is 0 Å². The van der Waals surface area contributed by atoms with E-state index in [9.17, 15) is 9.59 Å². The molecule has 0 spiro atoms. The van der Waals surface area contributed by atoms with Crippen LogP contribution in [-0.4, -0.2) is 72.8 Å². The minimum atomic E-state index is -0.321. The van der Waals surface area contributed by atoms with Gasteiger partial charge in [-0.3, -0.25) is 19.5 Å². The third kappa shape index (κ3) is 4.55. The summed E-state index contributed by atoms with van der Waals surface area (Å²) in [5.41, 5.74) is 0.655. The SMILES string of the molecule is Cc1cc(=O)cc(C(=O)N2CCO[C@@H](CN3CCOCC3)[C@@H]2c2cccnc2)o1. The van der Waals surface area contributed by atoms with Crippen molar-refractivity contribution < 1.29 is 18.7 Å². The first-order valence-electron chi connectivity index (χ1n) is 9.86. The fraction of sp³-hybridized carbons (Fsp3) is 0.476. The first-order chi connectivity index (χ1) is 14.1. The minimum Gasteiger partial charge on any atom is -0.456 e. The van der Waals surface area contributed by atoms with Gasteiger partial charge in [-0.15, -0.1) is 0 Å². The third-order valence-electron chi connectivity index (χ3n) is 5.28. The molecule has 4 rings (SSSR count). The van der Waals surface area contributed by atoms with Gasteiger partial charge in [0.25, 0.3) is 5.91 Å². The predicted molar refractivity (Wildman–Crippen MR) is 105 cm³/mol. The second-order valence-electron chi connectivity index (χ2n) is 7.32. The molecule has 29 heavy (non-hydrogen) atoms. The second kappa shape index (κ2) is 8.86. The fourth-order valence-electron chi connectivity index (χ4n) is 3.95. The number of nitrogens with zero attached hydrogens (tertiary/aromatic N) is 3. The van der Waals surface area contributed by atoms with E-state index < -0.39 is 0 Å². The van der Waals surface area contributed by atoms with Gasteiger partial charge in [0.15, 0.2) is 11.2 Å². The van der Waals surface area contributed by atoms with Crippen LogP contribution < -0.4 is 5.43 Å². The third-order valence-corrected chi connectivity index (χ3v) is 5.28. The molecule has 154 valence electrons. The van der Waals surface area contributed by atoms with Crippen LogP contribution in [0.3, 0.4) is 0 Å². The highest BCUT2D eigenvalue weighted by Gasteiger charge is 2.38. The Kier molecular flexibility index (Phi) is 6.03. The zero-order valence-corrected chi connectivity index (χ0v) is 16.5. The van der Waals surface area contributed by atoms with E-state index in [2.05, 4.69) is 9.88 Å². The first kappa shape index (κ1) is 19.8. The molecule has 0 aromatic carbocycles. The van der Waals surface area contributed by atoms with Crippen molar-refractivity contribution in [3.63, 3.8) is 0 Å². The Morgan fingerprint density at radius 3 is 2.76 bits per heavy atom. The lowest BCUT2D eigenvalue weighted by molar-refractivity contribution is -0.0825. The Bertz CT molecular complexity index is 895. The van der Waals surface area contributed by atoms with Gasteiger partial charge in [0.1, 0.15) is 5.76 Å². The highest BCUT2D eigenvalue weighted by molar-refractivity contribution is 5.91. The molecule has 2 aliphatic heterocycles. The maximum absolute atomic E-state index is 13.3. The number of ether oxygens (including phenoxy) is 2. The highest BCUT2D eigenvalue weighted by Crippen LogP contribution is 2.31. The van der Waals surface area contributed by atoms with Gasteiger partial charge in [0.05, 0.1) is 32.0 Å². The lowest BCUT2D eigenvalue weighted by Crippen LogP contribution is -2.53. The van der Waals surface area contributed by atoms with E-state index in [1.54, 1.807) is 24.2 Å². The van der Waals surface area contributed by atoms with E-state index in [4.69, 9.17) is 13.9 Å². The van der Waals surface area contributed by atoms with Gasteiger partial charge in [-0.25, -0.2) is 0 Å². The summed E-state index contributed by atoms with van der Waals surface area (Å²) in [4.78, 5) is 33.5. The lowest BCUT2D eigenvalue weighted by atomic mass is 9.98. The Labute approximate surface area is 169 Å². The average Bonchev–Trinajstić information content (AvgIpc) is 2.74. The Hall–Kier alpha value is -2.55. The van der Waals surface area contributed by atoms with E-state index in [0.29, 0.717) is 38.7 Å². The second-order valence-corrected chi connectivity index (χ2v) is 7.32. The average molecular weight is 399 g/mol. The van der Waals surface area contributed by atoms with Gasteiger partial charge in [0.2, 0.25) is 0 Å². The van der Waals surface area contributed by atoms with Crippen LogP contribution in [0.4, 0.5) is 0 Å². The van der Waals surface area contributed by atoms with E-state index in [1.165, 1.54) is 12.1 Å². The molecule has 2 atom stereocenters. The maximum atomic E-state index is 13.3. The summed E-state index contributed by atoms with van der Waals surface area (Å²) in [6.45, 7) is 6.24. The minimum absolute atomic E-state index is 0.0518. The number of carbonyl (C=O) groups excluding carboxylic acids is 1. The molecule has 2 aromatic heterocycles. The Balaban J connectivity index is 1.65. The van der Waals surface area contributed by atoms with Gasteiger partial charge in [-0.2, -0.15) is 0 Å². The molecular weight excluding hydrogens is 374 g/mol. The molecule has 4 heterocycles. The summed E-state index contributed by atoms with van der Waals surface area (Å²) < 4.78 is 17.1. The van der Waals surface area contributed by atoms with Crippen LogP contribution in [0.15, 0.2) is 45.9 Å². The standard InChI is InChI=1S/C21H25N3O5/c1-15-11-17(25)12-18(29-15)21(26)24-7-10-28-19(14-23-5-8-27-9-6-23)20(24)16-3-2-4-22-13-16/h2-4,11-13,19-20H,5-10,14H2,1H3/t19-,20-/m0/s1. The van der Waals surface area contributed by atoms with Crippen molar-refractivity contribution in [1.29, 1.82) is 0 Å². The number of aryl methyl sites for hydroxylation is 1. The van der Waals surface area contributed by atoms with Crippen molar-refractivity contribution in [3.05, 3.63) is 64.0 Å². The fourth-order valence-corrected chi connectivity index (χ4v) is 3.95. The number of carbonyl (C=O) groups is 1. The molecule has 0 bridgehead atoms. The molecule has 0 saturated carbocycles. The van der Waals surface area contributed by atoms with Crippen molar-refractivity contribution in [2.75, 3.05) is 46.0 Å². The highest BCUT2D eigenvalue weighted by atomic mass is 16.5. The summed E-state index contributed by atoms with van der Waals surface area (Å²) in [6.07, 6.45) is 3.25. The molecule has 2 saturated heterocycles. The van der Waals surface area contributed by atoms with Crippen molar-refractivity contribution in [2.45, 2.75) is 19.1 Å². The zero-order valence-electron chi connectivity index (χ0n) is 16.5. The van der Waals surface area contributed by atoms with Crippen LogP contribution in [0.1, 0.15) is 27.9 Å². The number of hydrogen-bond acceptors (Lipinski definition) is 7. The number of rotatable bonds is 4. The molecule has 1 amide bonds. The summed E-state index contributed by atoms with van der Waals surface area (Å²) in [7, 11) is 0. The molecular formula is C21H25N3O5. The largest absolute Gasteiger partial charge is 0.456 e. The zero-order chi connectivity index (χ0) is 20.2. The molecule has 8 heteroatoms. The summed E-state index contributed by atoms with van der Waals surface area (Å²) in [5.74, 6) is 0.155. The Morgan fingerprint density at radius 1 is 1.21 bits per heavy atom. The van der Waals surface area contributed by atoms with E-state index in [0.717, 1.165) is 18.7 Å². The van der Waals surface area contributed by atoms with Crippen molar-refractivity contribution in [1.82, 2.24) is 14.8 Å². The summed E-state index contributed by atoms with van der Waals surface area (Å²) in [6, 6.07) is 6.10. The van der Waals surface area contributed by atoms with Crippen molar-refractivity contribution in [3.8, 4) is 0 Å². The van der Waals surface area contributed by atoms with E-state index in [1.807, 2.05) is 12.1 Å². The van der Waals surface area contributed by atoms with Crippen LogP contribution in [0.2, 0.25) is 0 Å². The topological polar surface area (TPSA) is 85.1 Å². The van der Waals surface area contributed by atoms with Crippen LogP contribution in [0, 0.1) is 6.92 Å². The van der Waals surface area contributed by atoms with Crippen molar-refractivity contribution in [2.24, 2.45) is 0 Å². The monoisotopic (exact) mass is 399 g/mol. The van der Waals surface area contributed by atoms with Gasteiger partial charge < -0.3 is 18.8 Å². The smallest absolute Gasteiger partial charge is 0.290 e. The number of hydrogen-bond donors (Lipinski definition) is 0.